The molecule has 0 unspecified atom stereocenters. The number of ether oxygens (including phenoxy) is 4. The highest BCUT2D eigenvalue weighted by atomic mass is 32.2. The number of carbonyl (C=O) groups excluding carboxylic acids is 4. The average Bonchev–Trinajstić information content (AvgIpc) is 1.72. The predicted molar refractivity (Wildman–Crippen MR) is 332 cm³/mol. The van der Waals surface area contributed by atoms with Crippen LogP contribution in [0, 0.1) is 35.5 Å². The van der Waals surface area contributed by atoms with Crippen molar-refractivity contribution < 1.29 is 65.2 Å². The lowest BCUT2D eigenvalue weighted by Gasteiger charge is -2.56. The highest BCUT2D eigenvalue weighted by molar-refractivity contribution is 7.90. The number of urea groups is 2. The van der Waals surface area contributed by atoms with E-state index < -0.39 is 104 Å². The largest absolute Gasteiger partial charge is 0.387 e. The standard InChI is InChI=1S/C32H40N8O7S.C29H36N8O7S/c1-4-33-28(41)24-23-25(47-31(2,3)46-23)29(45-24)40-16-36-22-26(34-15-35-27(22)40)38-30(42)37-20-7-5-6-8-21(20)48(43,44)39-32-12-17-9-18(13-32)11-19(10-17)14-32;1-2-30-26(40)23-21(38)22(39)27(44-23)37-14-33-20-24(31-13-32-25(20)37)35-28(41)34-18-5-3-4-6-19(18)45(42,43)36-29-10-15-7-16(11-29)9-17(8-15)12-29/h5-8,15-19,23-25,29,39H,4,9-14H2,1-3H3,(H,33,41)(H2,34,35,37,38,42);3-6,13-17,21-23,27,36,38-39H,2,7-12H2,1H3,(H,30,40)(H2,31,32,34,35,41)/t17?,18?,19?,23-,24+,25-,29-,32?;15?,16?,17?,21-,22+,23-,27+,29?/m10/s1. The molecule has 4 aromatic heterocycles. The van der Waals surface area contributed by atoms with E-state index in [2.05, 4.69) is 71.2 Å². The van der Waals surface area contributed by atoms with Crippen LogP contribution in [0.3, 0.4) is 0 Å². The first-order chi connectivity index (χ1) is 44.5. The van der Waals surface area contributed by atoms with Crippen molar-refractivity contribution in [3.8, 4) is 0 Å². The van der Waals surface area contributed by atoms with Gasteiger partial charge in [0, 0.05) is 24.2 Å². The van der Waals surface area contributed by atoms with Crippen LogP contribution in [0.1, 0.15) is 117 Å². The van der Waals surface area contributed by atoms with Gasteiger partial charge >= 0.3 is 12.1 Å². The van der Waals surface area contributed by atoms with E-state index in [1.165, 1.54) is 86.6 Å². The fourth-order valence-corrected chi connectivity index (χ4v) is 20.4. The zero-order valence-electron chi connectivity index (χ0n) is 51.6. The number of nitrogens with zero attached hydrogens (tertiary/aromatic N) is 8. The lowest BCUT2D eigenvalue weighted by Crippen LogP contribution is -2.59. The number of aromatic nitrogens is 8. The van der Waals surface area contributed by atoms with Crippen molar-refractivity contribution in [1.29, 1.82) is 0 Å². The molecule has 10 N–H and O–H groups in total. The SMILES string of the molecule is CCNC(=O)[C@H]1O[C@@H](n2cnc3c(NC(=O)Nc4ccccc4S(=O)(=O)NC45CC6CC(CC(C6)C4)C5)ncnc32)[C@@H]2OC(C)(C)O[C@@H]21.CCNC(=O)[C@H]1O[C@@H](n2cnc3c(NC(=O)Nc4ccccc4S(=O)(=O)NC45CC6CC(CC(C6)C4)C5)ncnc32)[C@H](O)[C@@H]1O. The van der Waals surface area contributed by atoms with Crippen LogP contribution in [-0.4, -0.2) is 157 Å². The van der Waals surface area contributed by atoms with Crippen LogP contribution in [0.5, 0.6) is 0 Å². The Morgan fingerprint density at radius 1 is 0.527 bits per heavy atom. The van der Waals surface area contributed by atoms with E-state index in [9.17, 15) is 46.2 Å². The van der Waals surface area contributed by atoms with Gasteiger partial charge in [-0.15, -0.1) is 0 Å². The summed E-state index contributed by atoms with van der Waals surface area (Å²) in [4.78, 5) is 77.3. The van der Waals surface area contributed by atoms with Gasteiger partial charge in [-0.25, -0.2) is 65.8 Å². The molecule has 30 nitrogen and oxygen atoms in total. The van der Waals surface area contributed by atoms with Gasteiger partial charge in [0.2, 0.25) is 20.0 Å². The molecule has 11 aliphatic rings. The molecule has 8 aliphatic carbocycles. The fourth-order valence-electron chi connectivity index (χ4n) is 17.2. The van der Waals surface area contributed by atoms with Crippen molar-refractivity contribution >= 4 is 89.3 Å². The number of aliphatic hydroxyl groups is 2. The average molecular weight is 1320 g/mol. The maximum Gasteiger partial charge on any atom is 0.324 e. The van der Waals surface area contributed by atoms with Gasteiger partial charge in [0.05, 0.1) is 24.0 Å². The van der Waals surface area contributed by atoms with Crippen LogP contribution in [0.2, 0.25) is 0 Å². The molecule has 93 heavy (non-hydrogen) atoms. The maximum absolute atomic E-state index is 13.8. The minimum Gasteiger partial charge on any atom is -0.387 e. The minimum absolute atomic E-state index is 0.00400. The number of benzene rings is 2. The minimum atomic E-state index is -3.96. The molecular weight excluding hydrogens is 1240 g/mol. The Morgan fingerprint density at radius 2 is 0.925 bits per heavy atom. The van der Waals surface area contributed by atoms with Gasteiger partial charge < -0.3 is 50.4 Å². The van der Waals surface area contributed by atoms with E-state index in [0.29, 0.717) is 54.2 Å². The summed E-state index contributed by atoms with van der Waals surface area (Å²) < 4.78 is 88.2. The van der Waals surface area contributed by atoms with Crippen molar-refractivity contribution in [2.24, 2.45) is 35.5 Å². The molecule has 8 atom stereocenters. The molecule has 2 aromatic carbocycles. The van der Waals surface area contributed by atoms with E-state index in [4.69, 9.17) is 18.9 Å². The lowest BCUT2D eigenvalue weighted by molar-refractivity contribution is -0.197. The summed E-state index contributed by atoms with van der Waals surface area (Å²) in [5.74, 6) is 1.67. The molecule has 32 heteroatoms. The predicted octanol–water partition coefficient (Wildman–Crippen LogP) is 4.74. The summed E-state index contributed by atoms with van der Waals surface area (Å²) >= 11 is 0. The molecule has 7 heterocycles. The normalized spacial score (nSPS) is 32.6. The maximum atomic E-state index is 13.8. The van der Waals surface area contributed by atoms with Gasteiger partial charge in [0.25, 0.3) is 11.8 Å². The number of likely N-dealkylation sites (N-methyl/N-ethyl adjacent to an activating group) is 2. The quantitative estimate of drug-likeness (QED) is 0.0625. The molecular formula is C61H76N16O14S2. The van der Waals surface area contributed by atoms with Crippen LogP contribution in [0.15, 0.2) is 83.6 Å². The molecule has 496 valence electrons. The van der Waals surface area contributed by atoms with Gasteiger partial charge in [-0.1, -0.05) is 24.3 Å². The first-order valence-corrected chi connectivity index (χ1v) is 34.8. The Balaban J connectivity index is 0.000000161. The number of fused-ring (bicyclic) bond motifs is 3. The van der Waals surface area contributed by atoms with Gasteiger partial charge in [0.1, 0.15) is 46.9 Å². The Hall–Kier alpha value is -7.40. The molecule has 3 aliphatic heterocycles. The van der Waals surface area contributed by atoms with Crippen LogP contribution in [-0.2, 0) is 48.6 Å². The summed E-state index contributed by atoms with van der Waals surface area (Å²) in [6.45, 7) is 7.83. The highest BCUT2D eigenvalue weighted by Crippen LogP contribution is 2.58. The highest BCUT2D eigenvalue weighted by Gasteiger charge is 2.59. The number of sulfonamides is 2. The zero-order chi connectivity index (χ0) is 64.9. The number of amides is 6. The van der Waals surface area contributed by atoms with Gasteiger partial charge in [-0.2, -0.15) is 0 Å². The van der Waals surface area contributed by atoms with E-state index in [-0.39, 0.29) is 55.4 Å². The summed E-state index contributed by atoms with van der Waals surface area (Å²) in [6.07, 6.45) is 9.01. The third kappa shape index (κ3) is 12.1. The molecule has 6 aromatic rings. The number of hydrogen-bond donors (Lipinski definition) is 10. The number of aliphatic hydroxyl groups excluding tert-OH is 2. The third-order valence-corrected chi connectivity index (χ3v) is 23.1. The van der Waals surface area contributed by atoms with E-state index in [1.807, 2.05) is 6.92 Å². The van der Waals surface area contributed by atoms with Gasteiger partial charge in [-0.3, -0.25) is 29.4 Å². The van der Waals surface area contributed by atoms with E-state index in [0.717, 1.165) is 38.5 Å². The number of anilines is 4. The Morgan fingerprint density at radius 3 is 1.37 bits per heavy atom. The zero-order valence-corrected chi connectivity index (χ0v) is 53.2. The first kappa shape index (κ1) is 63.0. The number of hydrogen-bond acceptors (Lipinski definition) is 20. The lowest BCUT2D eigenvalue weighted by atomic mass is 9.53. The summed E-state index contributed by atoms with van der Waals surface area (Å²) in [5.41, 5.74) is 0.276. The number of rotatable bonds is 16. The molecule has 11 fully saturated rings. The second-order valence-electron chi connectivity index (χ2n) is 27.1. The smallest absolute Gasteiger partial charge is 0.324 e. The summed E-state index contributed by atoms with van der Waals surface area (Å²) in [6, 6.07) is 11.2. The van der Waals surface area contributed by atoms with E-state index in [1.54, 1.807) is 55.7 Å². The topological polar surface area (TPSA) is 397 Å². The number of para-hydroxylation sites is 2. The third-order valence-electron chi connectivity index (χ3n) is 19.8. The summed E-state index contributed by atoms with van der Waals surface area (Å²) in [7, 11) is -7.90. The summed E-state index contributed by atoms with van der Waals surface area (Å²) in [5, 5.41) is 37.0. The Kier molecular flexibility index (Phi) is 16.3. The molecule has 3 saturated heterocycles. The molecule has 6 amide bonds. The van der Waals surface area contributed by atoms with E-state index >= 15 is 0 Å². The fraction of sp³-hybridized carbons (Fsp3) is 0.574. The van der Waals surface area contributed by atoms with Crippen molar-refractivity contribution in [3.05, 3.63) is 73.8 Å². The van der Waals surface area contributed by atoms with Gasteiger partial charge in [0.15, 0.2) is 64.4 Å². The molecule has 8 bridgehead atoms. The monoisotopic (exact) mass is 1320 g/mol. The van der Waals surface area contributed by atoms with Crippen molar-refractivity contribution in [3.63, 3.8) is 0 Å². The number of carbonyl (C=O) groups is 4. The number of nitrogens with one attached hydrogen (secondary N) is 8. The molecule has 0 spiro atoms. The second-order valence-corrected chi connectivity index (χ2v) is 30.4. The van der Waals surface area contributed by atoms with Crippen LogP contribution < -0.4 is 41.3 Å². The van der Waals surface area contributed by atoms with Crippen molar-refractivity contribution in [1.82, 2.24) is 59.1 Å². The Bertz CT molecular complexity index is 4080. The van der Waals surface area contributed by atoms with Crippen LogP contribution in [0.25, 0.3) is 22.3 Å². The van der Waals surface area contributed by atoms with Crippen LogP contribution in [0.4, 0.5) is 32.6 Å². The van der Waals surface area contributed by atoms with Crippen molar-refractivity contribution in [2.45, 2.75) is 180 Å². The number of imidazole rings is 2. The Labute approximate surface area is 535 Å². The molecule has 8 saturated carbocycles. The van der Waals surface area contributed by atoms with Gasteiger partial charge in [-0.05, 0) is 165 Å². The van der Waals surface area contributed by atoms with Crippen molar-refractivity contribution in [2.75, 3.05) is 34.4 Å². The first-order valence-electron chi connectivity index (χ1n) is 31.8. The molecule has 0 radical (unpaired) electrons. The van der Waals surface area contributed by atoms with Crippen LogP contribution >= 0.6 is 0 Å². The molecule has 17 rings (SSSR count). The second kappa shape index (κ2) is 24.1.